The zero-order valence-corrected chi connectivity index (χ0v) is 23.7. The van der Waals surface area contributed by atoms with Crippen LogP contribution in [0.2, 0.25) is 0 Å². The average Bonchev–Trinajstić information content (AvgIpc) is 3.30. The number of nitrogens with zero attached hydrogens (tertiary/aromatic N) is 4. The molecule has 3 aromatic rings. The first-order valence-electron chi connectivity index (χ1n) is 14.5. The second-order valence-corrected chi connectivity index (χ2v) is 11.3. The fraction of sp³-hybridized carbons (Fsp3) is 0.375. The van der Waals surface area contributed by atoms with Gasteiger partial charge in [0.1, 0.15) is 5.69 Å². The Kier molecular flexibility index (Phi) is 8.13. The zero-order chi connectivity index (χ0) is 29.9. The van der Waals surface area contributed by atoms with Crippen molar-refractivity contribution < 1.29 is 19.4 Å². The molecular weight excluding hydrogens is 548 g/mol. The molecule has 11 nitrogen and oxygen atoms in total. The number of carbonyl (C=O) groups excluding carboxylic acids is 2. The molecule has 1 saturated carbocycles. The summed E-state index contributed by atoms with van der Waals surface area (Å²) in [4.78, 5) is 49.2. The van der Waals surface area contributed by atoms with Gasteiger partial charge in [-0.25, -0.2) is 9.78 Å². The number of morpholine rings is 1. The minimum absolute atomic E-state index is 0.0116. The molecule has 222 valence electrons. The van der Waals surface area contributed by atoms with Crippen molar-refractivity contribution >= 4 is 11.9 Å². The predicted octanol–water partition coefficient (Wildman–Crippen LogP) is 1.95. The van der Waals surface area contributed by atoms with Crippen molar-refractivity contribution in [3.8, 4) is 17.6 Å². The number of carbonyl (C=O) groups is 2. The quantitative estimate of drug-likeness (QED) is 0.361. The summed E-state index contributed by atoms with van der Waals surface area (Å²) in [5, 5.41) is 10.2. The fourth-order valence-corrected chi connectivity index (χ4v) is 5.90. The Morgan fingerprint density at radius 3 is 2.30 bits per heavy atom. The molecule has 6 rings (SSSR count). The van der Waals surface area contributed by atoms with E-state index in [1.807, 2.05) is 36.4 Å². The molecule has 2 aliphatic heterocycles. The predicted molar refractivity (Wildman–Crippen MR) is 158 cm³/mol. The van der Waals surface area contributed by atoms with Crippen molar-refractivity contribution in [1.29, 1.82) is 0 Å². The molecule has 1 atom stereocenters. The lowest BCUT2D eigenvalue weighted by molar-refractivity contribution is -0.126. The Labute approximate surface area is 249 Å². The molecule has 3 amide bonds. The van der Waals surface area contributed by atoms with E-state index in [2.05, 4.69) is 38.8 Å². The van der Waals surface area contributed by atoms with E-state index in [1.165, 1.54) is 11.9 Å². The first-order chi connectivity index (χ1) is 20.9. The number of amides is 3. The van der Waals surface area contributed by atoms with Gasteiger partial charge < -0.3 is 30.4 Å². The van der Waals surface area contributed by atoms with Gasteiger partial charge in [-0.15, -0.1) is 0 Å². The number of aromatic amines is 1. The van der Waals surface area contributed by atoms with Gasteiger partial charge in [-0.2, -0.15) is 0 Å². The number of aromatic hydroxyl groups is 1. The lowest BCUT2D eigenvalue weighted by Gasteiger charge is -2.42. The molecule has 1 unspecified atom stereocenters. The van der Waals surface area contributed by atoms with Gasteiger partial charge in [0.05, 0.1) is 32.1 Å². The van der Waals surface area contributed by atoms with E-state index in [-0.39, 0.29) is 42.2 Å². The number of nitrogens with two attached hydrogens (primary N) is 1. The molecule has 4 N–H and O–H groups in total. The number of ether oxygens (including phenoxy) is 1. The largest absolute Gasteiger partial charge is 0.502 e. The third-order valence-corrected chi connectivity index (χ3v) is 8.48. The van der Waals surface area contributed by atoms with Crippen LogP contribution in [0.3, 0.4) is 0 Å². The van der Waals surface area contributed by atoms with Crippen LogP contribution in [-0.2, 0) is 22.6 Å². The molecule has 3 heterocycles. The Bertz CT molecular complexity index is 1600. The molecule has 2 saturated heterocycles. The van der Waals surface area contributed by atoms with Crippen LogP contribution in [0.15, 0.2) is 59.7 Å². The van der Waals surface area contributed by atoms with E-state index in [1.54, 1.807) is 9.80 Å². The molecule has 0 radical (unpaired) electrons. The van der Waals surface area contributed by atoms with Gasteiger partial charge in [0.2, 0.25) is 11.7 Å². The Morgan fingerprint density at radius 2 is 1.65 bits per heavy atom. The number of hydrogen-bond donors (Lipinski definition) is 3. The number of primary amides is 1. The first-order valence-corrected chi connectivity index (χ1v) is 14.5. The van der Waals surface area contributed by atoms with E-state index in [0.717, 1.165) is 49.5 Å². The SMILES string of the molecule is NC(=O)C1CC(N2C(=O)N(Cc3nc[nH]c(=O)c3O)CC2c2ccc(C#Cc3ccc(CN4CCOCC4)cc3)cc2)C1. The number of aromatic nitrogens is 2. The zero-order valence-electron chi connectivity index (χ0n) is 23.7. The summed E-state index contributed by atoms with van der Waals surface area (Å²) in [7, 11) is 0. The third kappa shape index (κ3) is 6.26. The van der Waals surface area contributed by atoms with Gasteiger partial charge in [0.25, 0.3) is 5.56 Å². The van der Waals surface area contributed by atoms with Crippen molar-refractivity contribution in [2.24, 2.45) is 11.7 Å². The van der Waals surface area contributed by atoms with Crippen LogP contribution in [0, 0.1) is 17.8 Å². The average molecular weight is 583 g/mol. The van der Waals surface area contributed by atoms with Crippen molar-refractivity contribution in [3.63, 3.8) is 0 Å². The Hall–Kier alpha value is -4.66. The highest BCUT2D eigenvalue weighted by Gasteiger charge is 2.47. The van der Waals surface area contributed by atoms with Crippen LogP contribution < -0.4 is 11.3 Å². The molecule has 1 aliphatic carbocycles. The maximum atomic E-state index is 13.6. The second kappa shape index (κ2) is 12.3. The van der Waals surface area contributed by atoms with Crippen molar-refractivity contribution in [1.82, 2.24) is 24.7 Å². The summed E-state index contributed by atoms with van der Waals surface area (Å²) in [5.41, 5.74) is 8.92. The maximum Gasteiger partial charge on any atom is 0.321 e. The number of rotatable bonds is 7. The first kappa shape index (κ1) is 28.5. The fourth-order valence-electron chi connectivity index (χ4n) is 5.90. The molecule has 3 fully saturated rings. The van der Waals surface area contributed by atoms with Gasteiger partial charge in [-0.3, -0.25) is 14.5 Å². The van der Waals surface area contributed by atoms with E-state index in [4.69, 9.17) is 10.5 Å². The number of H-pyrrole nitrogens is 1. The summed E-state index contributed by atoms with van der Waals surface area (Å²) in [6.45, 7) is 4.70. The van der Waals surface area contributed by atoms with Gasteiger partial charge in [-0.05, 0) is 48.2 Å². The summed E-state index contributed by atoms with van der Waals surface area (Å²) in [6, 6.07) is 15.5. The molecule has 0 bridgehead atoms. The van der Waals surface area contributed by atoms with Crippen LogP contribution in [0.5, 0.6) is 5.75 Å². The molecule has 0 spiro atoms. The van der Waals surface area contributed by atoms with E-state index in [9.17, 15) is 19.5 Å². The summed E-state index contributed by atoms with van der Waals surface area (Å²) in [5.74, 6) is 5.35. The summed E-state index contributed by atoms with van der Waals surface area (Å²) in [6.07, 6.45) is 2.22. The Morgan fingerprint density at radius 1 is 1.00 bits per heavy atom. The van der Waals surface area contributed by atoms with E-state index in [0.29, 0.717) is 19.4 Å². The van der Waals surface area contributed by atoms with Crippen LogP contribution in [0.4, 0.5) is 4.79 Å². The number of urea groups is 1. The molecule has 11 heteroatoms. The molecule has 3 aliphatic rings. The lowest BCUT2D eigenvalue weighted by Crippen LogP contribution is -2.50. The van der Waals surface area contributed by atoms with Gasteiger partial charge >= 0.3 is 6.03 Å². The molecule has 43 heavy (non-hydrogen) atoms. The monoisotopic (exact) mass is 582 g/mol. The number of hydrogen-bond acceptors (Lipinski definition) is 7. The number of benzene rings is 2. The van der Waals surface area contributed by atoms with E-state index < -0.39 is 11.3 Å². The van der Waals surface area contributed by atoms with Crippen LogP contribution in [0.1, 0.15) is 46.8 Å². The van der Waals surface area contributed by atoms with Crippen molar-refractivity contribution in [2.45, 2.75) is 38.0 Å². The second-order valence-electron chi connectivity index (χ2n) is 11.3. The van der Waals surface area contributed by atoms with E-state index >= 15 is 0 Å². The minimum atomic E-state index is -0.658. The third-order valence-electron chi connectivity index (χ3n) is 8.48. The molecular formula is C32H34N6O5. The summed E-state index contributed by atoms with van der Waals surface area (Å²) < 4.78 is 5.42. The van der Waals surface area contributed by atoms with Crippen LogP contribution in [0.25, 0.3) is 0 Å². The van der Waals surface area contributed by atoms with Crippen molar-refractivity contribution in [3.05, 3.63) is 93.2 Å². The van der Waals surface area contributed by atoms with Gasteiger partial charge in [0, 0.05) is 49.3 Å². The van der Waals surface area contributed by atoms with Crippen LogP contribution >= 0.6 is 0 Å². The molecule has 1 aromatic heterocycles. The lowest BCUT2D eigenvalue weighted by atomic mass is 9.78. The molecule has 2 aromatic carbocycles. The highest BCUT2D eigenvalue weighted by molar-refractivity contribution is 5.80. The summed E-state index contributed by atoms with van der Waals surface area (Å²) >= 11 is 0. The maximum absolute atomic E-state index is 13.6. The smallest absolute Gasteiger partial charge is 0.321 e. The normalized spacial score (nSPS) is 22.1. The highest BCUT2D eigenvalue weighted by Crippen LogP contribution is 2.41. The highest BCUT2D eigenvalue weighted by atomic mass is 16.5. The topological polar surface area (TPSA) is 145 Å². The van der Waals surface area contributed by atoms with Crippen LogP contribution in [-0.4, -0.2) is 80.6 Å². The van der Waals surface area contributed by atoms with Crippen molar-refractivity contribution in [2.75, 3.05) is 32.8 Å². The number of nitrogens with one attached hydrogen (secondary N) is 1. The Balaban J connectivity index is 1.16. The standard InChI is InChI=1S/C32H34N6O5/c33-30(40)25-15-26(16-25)38-28(19-37(32(38)42)18-27-29(39)31(41)35-20-34-27)24-9-7-22(8-10-24)2-1-21-3-5-23(6-4-21)17-36-11-13-43-14-12-36/h3-10,20,25-26,28,39H,11-19H2,(H2,33,40)(H,34,35,41). The van der Waals surface area contributed by atoms with Gasteiger partial charge in [-0.1, -0.05) is 36.1 Å². The van der Waals surface area contributed by atoms with Gasteiger partial charge in [0.15, 0.2) is 0 Å². The minimum Gasteiger partial charge on any atom is -0.502 e.